The molecule has 0 saturated carbocycles. The van der Waals surface area contributed by atoms with Crippen LogP contribution in [0.4, 0.5) is 10.7 Å². The van der Waals surface area contributed by atoms with Crippen LogP contribution in [0.1, 0.15) is 33.3 Å². The third kappa shape index (κ3) is 4.79. The van der Waals surface area contributed by atoms with Gasteiger partial charge < -0.3 is 19.1 Å². The summed E-state index contributed by atoms with van der Waals surface area (Å²) in [6.07, 6.45) is -0.255. The minimum atomic E-state index is -0.500. The Bertz CT molecular complexity index is 1070. The summed E-state index contributed by atoms with van der Waals surface area (Å²) >= 11 is 6.07. The van der Waals surface area contributed by atoms with Gasteiger partial charge in [0.1, 0.15) is 5.60 Å². The first-order chi connectivity index (χ1) is 14.7. The van der Waals surface area contributed by atoms with E-state index in [0.717, 1.165) is 27.6 Å². The van der Waals surface area contributed by atoms with Gasteiger partial charge in [0, 0.05) is 30.7 Å². The van der Waals surface area contributed by atoms with E-state index in [1.807, 2.05) is 68.1 Å². The number of para-hydroxylation sites is 2. The third-order valence-electron chi connectivity index (χ3n) is 5.43. The zero-order valence-corrected chi connectivity index (χ0v) is 19.3. The highest BCUT2D eigenvalue weighted by Crippen LogP contribution is 2.27. The van der Waals surface area contributed by atoms with Crippen molar-refractivity contribution in [1.29, 1.82) is 0 Å². The number of ether oxygens (including phenoxy) is 1. The summed E-state index contributed by atoms with van der Waals surface area (Å²) in [6.45, 7) is 10.4. The largest absolute Gasteiger partial charge is 0.444 e. The monoisotopic (exact) mass is 440 g/mol. The van der Waals surface area contributed by atoms with Gasteiger partial charge >= 0.3 is 6.09 Å². The number of anilines is 1. The van der Waals surface area contributed by atoms with Crippen molar-refractivity contribution < 1.29 is 9.53 Å². The molecule has 4 rings (SSSR count). The van der Waals surface area contributed by atoms with Crippen molar-refractivity contribution in [3.8, 4) is 0 Å². The van der Waals surface area contributed by atoms with Crippen LogP contribution in [0.5, 0.6) is 0 Å². The fraction of sp³-hybridized carbons (Fsp3) is 0.417. The Morgan fingerprint density at radius 3 is 2.52 bits per heavy atom. The van der Waals surface area contributed by atoms with E-state index in [0.29, 0.717) is 26.2 Å². The van der Waals surface area contributed by atoms with Gasteiger partial charge in [-0.3, -0.25) is 0 Å². The molecule has 1 unspecified atom stereocenters. The Labute approximate surface area is 188 Å². The number of imidazole rings is 1. The molecule has 1 aromatic heterocycles. The number of amides is 1. The number of hydrogen-bond acceptors (Lipinski definition) is 4. The third-order valence-corrected chi connectivity index (χ3v) is 5.68. The lowest BCUT2D eigenvalue weighted by Gasteiger charge is -2.40. The van der Waals surface area contributed by atoms with Gasteiger partial charge in [0.15, 0.2) is 0 Å². The lowest BCUT2D eigenvalue weighted by atomic mass is 10.2. The van der Waals surface area contributed by atoms with Gasteiger partial charge in [-0.2, -0.15) is 0 Å². The van der Waals surface area contributed by atoms with E-state index >= 15 is 0 Å². The maximum absolute atomic E-state index is 12.6. The summed E-state index contributed by atoms with van der Waals surface area (Å²) < 4.78 is 7.83. The molecule has 0 bridgehead atoms. The highest BCUT2D eigenvalue weighted by atomic mass is 35.5. The summed E-state index contributed by atoms with van der Waals surface area (Å²) in [6, 6.07) is 16.1. The number of fused-ring (bicyclic) bond motifs is 1. The van der Waals surface area contributed by atoms with Crippen LogP contribution in [0.2, 0.25) is 5.02 Å². The Morgan fingerprint density at radius 2 is 1.84 bits per heavy atom. The molecular formula is C24H29ClN4O2. The molecule has 2 aromatic carbocycles. The number of benzene rings is 2. The lowest BCUT2D eigenvalue weighted by Crippen LogP contribution is -2.55. The van der Waals surface area contributed by atoms with Crippen LogP contribution in [0, 0.1) is 0 Å². The van der Waals surface area contributed by atoms with Gasteiger partial charge in [-0.05, 0) is 57.5 Å². The van der Waals surface area contributed by atoms with Gasteiger partial charge in [-0.25, -0.2) is 9.78 Å². The molecule has 1 amide bonds. The lowest BCUT2D eigenvalue weighted by molar-refractivity contribution is 0.0158. The average Bonchev–Trinajstić information content (AvgIpc) is 3.07. The second kappa shape index (κ2) is 8.42. The van der Waals surface area contributed by atoms with Crippen molar-refractivity contribution in [1.82, 2.24) is 14.5 Å². The van der Waals surface area contributed by atoms with Gasteiger partial charge in [-0.1, -0.05) is 35.9 Å². The molecule has 1 fully saturated rings. The van der Waals surface area contributed by atoms with E-state index in [-0.39, 0.29) is 12.1 Å². The van der Waals surface area contributed by atoms with E-state index in [9.17, 15) is 4.79 Å². The summed E-state index contributed by atoms with van der Waals surface area (Å²) in [4.78, 5) is 21.6. The second-order valence-electron chi connectivity index (χ2n) is 9.08. The summed E-state index contributed by atoms with van der Waals surface area (Å²) in [5.74, 6) is 0.923. The van der Waals surface area contributed by atoms with Crippen LogP contribution < -0.4 is 4.90 Å². The predicted octanol–water partition coefficient (Wildman–Crippen LogP) is 5.18. The van der Waals surface area contributed by atoms with Crippen molar-refractivity contribution in [3.05, 3.63) is 59.1 Å². The van der Waals surface area contributed by atoms with Gasteiger partial charge in [0.25, 0.3) is 0 Å². The molecule has 1 aliphatic heterocycles. The molecular weight excluding hydrogens is 412 g/mol. The average molecular weight is 441 g/mol. The molecule has 31 heavy (non-hydrogen) atoms. The molecule has 1 aliphatic rings. The first-order valence-electron chi connectivity index (χ1n) is 10.7. The Hall–Kier alpha value is -2.73. The van der Waals surface area contributed by atoms with Crippen molar-refractivity contribution in [2.24, 2.45) is 0 Å². The minimum absolute atomic E-state index is 0.0207. The zero-order valence-electron chi connectivity index (χ0n) is 18.5. The Kier molecular flexibility index (Phi) is 5.84. The van der Waals surface area contributed by atoms with Crippen LogP contribution in [0.15, 0.2) is 48.5 Å². The molecule has 2 heterocycles. The van der Waals surface area contributed by atoms with E-state index < -0.39 is 5.60 Å². The van der Waals surface area contributed by atoms with E-state index in [1.165, 1.54) is 0 Å². The number of carbonyl (C=O) groups is 1. The quantitative estimate of drug-likeness (QED) is 0.562. The first-order valence-corrected chi connectivity index (χ1v) is 11.0. The Balaban J connectivity index is 1.60. The SMILES string of the molecule is CC1CN(c2nc3ccccc3n2Cc2ccc(Cl)cc2)CCN1C(=O)OC(C)(C)C. The molecule has 3 aromatic rings. The van der Waals surface area contributed by atoms with E-state index in [2.05, 4.69) is 22.5 Å². The normalized spacial score (nSPS) is 17.3. The molecule has 7 heteroatoms. The Morgan fingerprint density at radius 1 is 1.13 bits per heavy atom. The molecule has 6 nitrogen and oxygen atoms in total. The highest BCUT2D eigenvalue weighted by Gasteiger charge is 2.32. The number of piperazine rings is 1. The van der Waals surface area contributed by atoms with Crippen molar-refractivity contribution in [3.63, 3.8) is 0 Å². The van der Waals surface area contributed by atoms with Crippen molar-refractivity contribution in [2.45, 2.75) is 45.9 Å². The fourth-order valence-corrected chi connectivity index (χ4v) is 4.09. The molecule has 164 valence electrons. The predicted molar refractivity (Wildman–Crippen MR) is 125 cm³/mol. The van der Waals surface area contributed by atoms with Gasteiger partial charge in [0.05, 0.1) is 17.6 Å². The topological polar surface area (TPSA) is 50.6 Å². The number of carbonyl (C=O) groups excluding carboxylic acids is 1. The number of aromatic nitrogens is 2. The van der Waals surface area contributed by atoms with Crippen molar-refractivity contribution >= 4 is 34.7 Å². The van der Waals surface area contributed by atoms with E-state index in [1.54, 1.807) is 0 Å². The molecule has 0 N–H and O–H groups in total. The molecule has 0 radical (unpaired) electrons. The van der Waals surface area contributed by atoms with Crippen LogP contribution >= 0.6 is 11.6 Å². The van der Waals surface area contributed by atoms with Crippen LogP contribution in [0.3, 0.4) is 0 Å². The van der Waals surface area contributed by atoms with Crippen LogP contribution in [-0.4, -0.2) is 51.8 Å². The maximum Gasteiger partial charge on any atom is 0.410 e. The number of hydrogen-bond donors (Lipinski definition) is 0. The maximum atomic E-state index is 12.6. The fourth-order valence-electron chi connectivity index (χ4n) is 3.96. The highest BCUT2D eigenvalue weighted by molar-refractivity contribution is 6.30. The summed E-state index contributed by atoms with van der Waals surface area (Å²) in [5, 5.41) is 0.728. The zero-order chi connectivity index (χ0) is 22.2. The van der Waals surface area contributed by atoms with Crippen LogP contribution in [0.25, 0.3) is 11.0 Å². The molecule has 1 atom stereocenters. The smallest absolute Gasteiger partial charge is 0.410 e. The summed E-state index contributed by atoms with van der Waals surface area (Å²) in [7, 11) is 0. The minimum Gasteiger partial charge on any atom is -0.444 e. The standard InChI is InChI=1S/C24H29ClN4O2/c1-17-15-27(13-14-28(17)23(30)31-24(2,3)4)22-26-20-7-5-6-8-21(20)29(22)16-18-9-11-19(25)12-10-18/h5-12,17H,13-16H2,1-4H3. The van der Waals surface area contributed by atoms with Crippen molar-refractivity contribution in [2.75, 3.05) is 24.5 Å². The molecule has 1 saturated heterocycles. The van der Waals surface area contributed by atoms with Gasteiger partial charge in [0.2, 0.25) is 5.95 Å². The number of rotatable bonds is 3. The number of halogens is 1. The summed E-state index contributed by atoms with van der Waals surface area (Å²) in [5.41, 5.74) is 2.72. The number of nitrogens with zero attached hydrogens (tertiary/aromatic N) is 4. The first kappa shape index (κ1) is 21.5. The van der Waals surface area contributed by atoms with E-state index in [4.69, 9.17) is 21.3 Å². The second-order valence-corrected chi connectivity index (χ2v) is 9.52. The molecule has 0 aliphatic carbocycles. The van der Waals surface area contributed by atoms with Gasteiger partial charge in [-0.15, -0.1) is 0 Å². The molecule has 0 spiro atoms. The van der Waals surface area contributed by atoms with Crippen LogP contribution in [-0.2, 0) is 11.3 Å².